The Morgan fingerprint density at radius 1 is 1.19 bits per heavy atom. The Kier molecular flexibility index (Phi) is 3.42. The van der Waals surface area contributed by atoms with Gasteiger partial charge in [-0.1, -0.05) is 48.6 Å². The molecule has 1 aromatic rings. The molecule has 0 N–H and O–H groups in total. The molecule has 1 aliphatic carbocycles. The van der Waals surface area contributed by atoms with Gasteiger partial charge in [-0.25, -0.2) is 0 Å². The molecule has 2 rings (SSSR count). The summed E-state index contributed by atoms with van der Waals surface area (Å²) in [6.45, 7) is 4.18. The second-order valence-corrected chi connectivity index (χ2v) is 5.21. The van der Waals surface area contributed by atoms with Crippen molar-refractivity contribution in [2.24, 2.45) is 5.92 Å². The van der Waals surface area contributed by atoms with Gasteiger partial charge >= 0.3 is 0 Å². The van der Waals surface area contributed by atoms with Crippen LogP contribution in [-0.2, 0) is 11.2 Å². The number of carbonyl (C=O) groups excluding carboxylic acids is 1. The van der Waals surface area contributed by atoms with Gasteiger partial charge in [-0.3, -0.25) is 4.79 Å². The van der Waals surface area contributed by atoms with Crippen LogP contribution in [0.5, 0.6) is 0 Å². The predicted octanol–water partition coefficient (Wildman–Crippen LogP) is 3.61. The van der Waals surface area contributed by atoms with Gasteiger partial charge in [0.2, 0.25) is 0 Å². The maximum atomic E-state index is 11.8. The van der Waals surface area contributed by atoms with Crippen molar-refractivity contribution in [1.82, 2.24) is 0 Å². The summed E-state index contributed by atoms with van der Waals surface area (Å²) in [6, 6.07) is 6.41. The summed E-state index contributed by atoms with van der Waals surface area (Å²) < 4.78 is 0. The van der Waals surface area contributed by atoms with E-state index in [-0.39, 0.29) is 0 Å². The number of aryl methyl sites for hydroxylation is 2. The van der Waals surface area contributed by atoms with Crippen LogP contribution in [0.15, 0.2) is 18.2 Å². The molecule has 1 fully saturated rings. The van der Waals surface area contributed by atoms with E-state index < -0.39 is 0 Å². The molecular formula is C15H20O. The van der Waals surface area contributed by atoms with E-state index in [1.54, 1.807) is 0 Å². The van der Waals surface area contributed by atoms with Gasteiger partial charge in [-0.15, -0.1) is 0 Å². The predicted molar refractivity (Wildman–Crippen MR) is 66.6 cm³/mol. The average molecular weight is 216 g/mol. The third-order valence-corrected chi connectivity index (χ3v) is 3.42. The largest absolute Gasteiger partial charge is 0.299 e. The fourth-order valence-corrected chi connectivity index (χ4v) is 2.49. The molecular weight excluding hydrogens is 196 g/mol. The Morgan fingerprint density at radius 2 is 1.81 bits per heavy atom. The maximum absolute atomic E-state index is 11.8. The summed E-state index contributed by atoms with van der Waals surface area (Å²) in [4.78, 5) is 11.8. The van der Waals surface area contributed by atoms with Gasteiger partial charge in [0.05, 0.1) is 0 Å². The molecule has 0 saturated heterocycles. The van der Waals surface area contributed by atoms with Crippen molar-refractivity contribution in [3.05, 3.63) is 34.9 Å². The molecule has 0 aromatic heterocycles. The van der Waals surface area contributed by atoms with Gasteiger partial charge < -0.3 is 0 Å². The van der Waals surface area contributed by atoms with Crippen LogP contribution in [0.4, 0.5) is 0 Å². The van der Waals surface area contributed by atoms with E-state index in [1.807, 2.05) is 0 Å². The number of ketones is 1. The average Bonchev–Trinajstić information content (AvgIpc) is 2.09. The number of hydrogen-bond donors (Lipinski definition) is 0. The molecule has 1 saturated carbocycles. The fourth-order valence-electron chi connectivity index (χ4n) is 2.49. The van der Waals surface area contributed by atoms with Crippen LogP contribution in [0.2, 0.25) is 0 Å². The number of hydrogen-bond acceptors (Lipinski definition) is 1. The highest BCUT2D eigenvalue weighted by Crippen LogP contribution is 2.29. The fraction of sp³-hybridized carbons (Fsp3) is 0.533. The number of carbonyl (C=O) groups is 1. The lowest BCUT2D eigenvalue weighted by molar-refractivity contribution is -0.119. The topological polar surface area (TPSA) is 17.1 Å². The lowest BCUT2D eigenvalue weighted by Gasteiger charge is -2.24. The van der Waals surface area contributed by atoms with Crippen molar-refractivity contribution >= 4 is 5.78 Å². The zero-order chi connectivity index (χ0) is 11.5. The van der Waals surface area contributed by atoms with Gasteiger partial charge in [-0.05, 0) is 25.3 Å². The van der Waals surface area contributed by atoms with E-state index in [0.717, 1.165) is 6.42 Å². The van der Waals surface area contributed by atoms with Crippen molar-refractivity contribution in [3.63, 3.8) is 0 Å². The van der Waals surface area contributed by atoms with Crippen LogP contribution in [0.1, 0.15) is 42.4 Å². The first kappa shape index (κ1) is 11.4. The van der Waals surface area contributed by atoms with E-state index in [2.05, 4.69) is 32.0 Å². The van der Waals surface area contributed by atoms with Crippen molar-refractivity contribution < 1.29 is 4.79 Å². The van der Waals surface area contributed by atoms with Crippen molar-refractivity contribution in [1.29, 1.82) is 0 Å². The van der Waals surface area contributed by atoms with Crippen LogP contribution in [0, 0.1) is 19.8 Å². The Hall–Kier alpha value is -1.11. The molecule has 0 radical (unpaired) electrons. The van der Waals surface area contributed by atoms with Gasteiger partial charge in [0.15, 0.2) is 0 Å². The van der Waals surface area contributed by atoms with Gasteiger partial charge in [0.25, 0.3) is 0 Å². The lowest BCUT2D eigenvalue weighted by atomic mass is 9.81. The van der Waals surface area contributed by atoms with E-state index in [0.29, 0.717) is 18.1 Å². The highest BCUT2D eigenvalue weighted by Gasteiger charge is 2.20. The molecule has 0 heterocycles. The van der Waals surface area contributed by atoms with Gasteiger partial charge in [0.1, 0.15) is 5.78 Å². The van der Waals surface area contributed by atoms with Crippen molar-refractivity contribution in [2.45, 2.75) is 46.0 Å². The van der Waals surface area contributed by atoms with Crippen molar-refractivity contribution in [2.75, 3.05) is 0 Å². The van der Waals surface area contributed by atoms with E-state index in [4.69, 9.17) is 0 Å². The van der Waals surface area contributed by atoms with Gasteiger partial charge in [-0.2, -0.15) is 0 Å². The van der Waals surface area contributed by atoms with E-state index in [1.165, 1.54) is 36.0 Å². The molecule has 0 spiro atoms. The smallest absolute Gasteiger partial charge is 0.137 e. The first-order valence-electron chi connectivity index (χ1n) is 6.22. The summed E-state index contributed by atoms with van der Waals surface area (Å²) in [5.74, 6) is 1.10. The monoisotopic (exact) mass is 216 g/mol. The van der Waals surface area contributed by atoms with Crippen LogP contribution in [0.3, 0.4) is 0 Å². The van der Waals surface area contributed by atoms with Crippen molar-refractivity contribution in [3.8, 4) is 0 Å². The third-order valence-electron chi connectivity index (χ3n) is 3.42. The zero-order valence-corrected chi connectivity index (χ0v) is 10.3. The van der Waals surface area contributed by atoms with Crippen LogP contribution >= 0.6 is 0 Å². The molecule has 0 unspecified atom stereocenters. The van der Waals surface area contributed by atoms with E-state index >= 15 is 0 Å². The highest BCUT2D eigenvalue weighted by molar-refractivity contribution is 5.81. The Morgan fingerprint density at radius 3 is 2.31 bits per heavy atom. The molecule has 0 bridgehead atoms. The summed E-state index contributed by atoms with van der Waals surface area (Å²) in [5, 5.41) is 0. The van der Waals surface area contributed by atoms with E-state index in [9.17, 15) is 4.79 Å². The summed E-state index contributed by atoms with van der Waals surface area (Å²) in [6.07, 6.45) is 5.27. The summed E-state index contributed by atoms with van der Waals surface area (Å²) in [5.41, 5.74) is 3.69. The first-order valence-corrected chi connectivity index (χ1v) is 6.22. The molecule has 1 nitrogen and oxygen atoms in total. The highest BCUT2D eigenvalue weighted by atomic mass is 16.1. The SMILES string of the molecule is Cc1cc(C)cc(CC(=O)CC2CCC2)c1. The molecule has 0 amide bonds. The van der Waals surface area contributed by atoms with Gasteiger partial charge in [0, 0.05) is 12.8 Å². The van der Waals surface area contributed by atoms with Crippen LogP contribution < -0.4 is 0 Å². The molecule has 0 aliphatic heterocycles. The number of benzene rings is 1. The maximum Gasteiger partial charge on any atom is 0.137 e. The molecule has 1 heteroatoms. The Labute approximate surface area is 97.9 Å². The standard InChI is InChI=1S/C15H20O/c1-11-6-12(2)8-14(7-11)10-15(16)9-13-4-3-5-13/h6-8,13H,3-5,9-10H2,1-2H3. The molecule has 0 atom stereocenters. The zero-order valence-electron chi connectivity index (χ0n) is 10.3. The second kappa shape index (κ2) is 4.82. The molecule has 86 valence electrons. The normalized spacial score (nSPS) is 15.9. The molecule has 1 aromatic carbocycles. The number of Topliss-reactive ketones (excluding diaryl/α,β-unsaturated/α-hetero) is 1. The summed E-state index contributed by atoms with van der Waals surface area (Å²) >= 11 is 0. The minimum atomic E-state index is 0.412. The molecule has 1 aliphatic rings. The Balaban J connectivity index is 1.94. The molecule has 16 heavy (non-hydrogen) atoms. The quantitative estimate of drug-likeness (QED) is 0.751. The third kappa shape index (κ3) is 2.94. The summed E-state index contributed by atoms with van der Waals surface area (Å²) in [7, 11) is 0. The second-order valence-electron chi connectivity index (χ2n) is 5.21. The first-order chi connectivity index (χ1) is 7.63. The van der Waals surface area contributed by atoms with Crippen LogP contribution in [-0.4, -0.2) is 5.78 Å². The van der Waals surface area contributed by atoms with Crippen LogP contribution in [0.25, 0.3) is 0 Å². The minimum absolute atomic E-state index is 0.412. The minimum Gasteiger partial charge on any atom is -0.299 e. The number of rotatable bonds is 4. The lowest BCUT2D eigenvalue weighted by Crippen LogP contribution is -2.17. The Bertz CT molecular complexity index is 368.